The van der Waals surface area contributed by atoms with Gasteiger partial charge in [0.1, 0.15) is 0 Å². The van der Waals surface area contributed by atoms with Gasteiger partial charge in [0, 0.05) is 5.88 Å². The van der Waals surface area contributed by atoms with Crippen molar-refractivity contribution in [2.75, 3.05) is 5.88 Å². The third-order valence-corrected chi connectivity index (χ3v) is 3.31. The number of hydrogen-bond donors (Lipinski definition) is 0. The lowest BCUT2D eigenvalue weighted by Gasteiger charge is -2.17. The fourth-order valence-corrected chi connectivity index (χ4v) is 2.37. The summed E-state index contributed by atoms with van der Waals surface area (Å²) in [5.74, 6) is 4.01. The van der Waals surface area contributed by atoms with Crippen LogP contribution in [0.1, 0.15) is 25.7 Å². The van der Waals surface area contributed by atoms with Crippen LogP contribution in [0.15, 0.2) is 0 Å². The van der Waals surface area contributed by atoms with E-state index in [0.29, 0.717) is 0 Å². The van der Waals surface area contributed by atoms with Gasteiger partial charge in [0.2, 0.25) is 0 Å². The van der Waals surface area contributed by atoms with Crippen LogP contribution in [-0.2, 0) is 0 Å². The maximum absolute atomic E-state index is 5.76. The molecule has 0 aliphatic heterocycles. The fraction of sp³-hybridized carbons (Fsp3) is 1.00. The number of fused-ring (bicyclic) bond motifs is 1. The van der Waals surface area contributed by atoms with Gasteiger partial charge in [-0.1, -0.05) is 0 Å². The molecule has 0 aromatic carbocycles. The maximum atomic E-state index is 5.76. The molecule has 3 unspecified atom stereocenters. The van der Waals surface area contributed by atoms with Crippen molar-refractivity contribution < 1.29 is 0 Å². The smallest absolute Gasteiger partial charge is 0.0251 e. The Bertz CT molecular complexity index is 111. The Hall–Kier alpha value is 0.290. The van der Waals surface area contributed by atoms with Crippen LogP contribution < -0.4 is 0 Å². The molecule has 0 bridgehead atoms. The van der Waals surface area contributed by atoms with Crippen molar-refractivity contribution in [1.29, 1.82) is 0 Å². The minimum absolute atomic E-state index is 0.871. The lowest BCUT2D eigenvalue weighted by Crippen LogP contribution is -2.09. The predicted molar refractivity (Wildman–Crippen MR) is 39.7 cm³/mol. The normalized spacial score (nSPS) is 48.3. The second kappa shape index (κ2) is 2.16. The third kappa shape index (κ3) is 1.10. The molecular weight excluding hydrogens is 132 g/mol. The molecule has 0 aromatic heterocycles. The van der Waals surface area contributed by atoms with Crippen LogP contribution in [0.2, 0.25) is 0 Å². The van der Waals surface area contributed by atoms with E-state index in [1.54, 1.807) is 0 Å². The second-order valence-electron chi connectivity index (χ2n) is 3.59. The molecule has 1 heteroatoms. The Morgan fingerprint density at radius 3 is 2.67 bits per heavy atom. The molecule has 0 heterocycles. The van der Waals surface area contributed by atoms with Gasteiger partial charge in [0.05, 0.1) is 0 Å². The molecule has 0 aromatic rings. The van der Waals surface area contributed by atoms with Crippen molar-refractivity contribution in [2.24, 2.45) is 17.8 Å². The zero-order valence-corrected chi connectivity index (χ0v) is 6.40. The van der Waals surface area contributed by atoms with Crippen LogP contribution in [-0.4, -0.2) is 5.88 Å². The van der Waals surface area contributed by atoms with E-state index in [9.17, 15) is 0 Å². The highest BCUT2D eigenvalue weighted by molar-refractivity contribution is 6.18. The summed E-state index contributed by atoms with van der Waals surface area (Å²) in [6.45, 7) is 0. The quantitative estimate of drug-likeness (QED) is 0.497. The monoisotopic (exact) mass is 144 g/mol. The minimum atomic E-state index is 0.871. The number of rotatable bonds is 1. The predicted octanol–water partition coefficient (Wildman–Crippen LogP) is 2.66. The second-order valence-corrected chi connectivity index (χ2v) is 3.90. The SMILES string of the molecule is ClCC1CCC2CC2C1. The van der Waals surface area contributed by atoms with Gasteiger partial charge in [-0.05, 0) is 43.4 Å². The molecule has 0 saturated heterocycles. The molecule has 0 radical (unpaired) electrons. The average molecular weight is 145 g/mol. The highest BCUT2D eigenvalue weighted by atomic mass is 35.5. The van der Waals surface area contributed by atoms with Crippen LogP contribution in [0, 0.1) is 17.8 Å². The standard InChI is InChI=1S/C8H13Cl/c9-5-6-1-2-7-4-8(7)3-6/h6-8H,1-5H2. The molecule has 3 atom stereocenters. The summed E-state index contributed by atoms with van der Waals surface area (Å²) >= 11 is 5.76. The minimum Gasteiger partial charge on any atom is -0.126 e. The first-order valence-corrected chi connectivity index (χ1v) is 4.49. The molecule has 0 spiro atoms. The van der Waals surface area contributed by atoms with Crippen molar-refractivity contribution >= 4 is 11.6 Å². The Morgan fingerprint density at radius 2 is 2.00 bits per heavy atom. The van der Waals surface area contributed by atoms with E-state index in [0.717, 1.165) is 23.6 Å². The van der Waals surface area contributed by atoms with Crippen molar-refractivity contribution in [1.82, 2.24) is 0 Å². The van der Waals surface area contributed by atoms with Crippen molar-refractivity contribution in [2.45, 2.75) is 25.7 Å². The van der Waals surface area contributed by atoms with E-state index >= 15 is 0 Å². The molecule has 0 amide bonds. The highest BCUT2D eigenvalue weighted by Crippen LogP contribution is 2.51. The molecule has 2 fully saturated rings. The number of hydrogen-bond acceptors (Lipinski definition) is 0. The van der Waals surface area contributed by atoms with Gasteiger partial charge >= 0.3 is 0 Å². The van der Waals surface area contributed by atoms with Gasteiger partial charge in [-0.25, -0.2) is 0 Å². The first-order chi connectivity index (χ1) is 4.40. The van der Waals surface area contributed by atoms with Gasteiger partial charge in [-0.3, -0.25) is 0 Å². The van der Waals surface area contributed by atoms with Gasteiger partial charge < -0.3 is 0 Å². The molecule has 9 heavy (non-hydrogen) atoms. The van der Waals surface area contributed by atoms with Crippen molar-refractivity contribution in [3.05, 3.63) is 0 Å². The van der Waals surface area contributed by atoms with Crippen LogP contribution in [0.4, 0.5) is 0 Å². The molecule has 0 N–H and O–H groups in total. The van der Waals surface area contributed by atoms with Crippen LogP contribution >= 0.6 is 11.6 Å². The van der Waals surface area contributed by atoms with E-state index in [1.807, 2.05) is 0 Å². The first kappa shape index (κ1) is 6.03. The molecular formula is C8H13Cl. The Labute approximate surface area is 61.6 Å². The van der Waals surface area contributed by atoms with E-state index in [1.165, 1.54) is 25.7 Å². The Balaban J connectivity index is 1.86. The van der Waals surface area contributed by atoms with Gasteiger partial charge in [-0.15, -0.1) is 11.6 Å². The molecule has 2 rings (SSSR count). The zero-order chi connectivity index (χ0) is 6.27. The van der Waals surface area contributed by atoms with E-state index < -0.39 is 0 Å². The lowest BCUT2D eigenvalue weighted by molar-refractivity contribution is 0.372. The largest absolute Gasteiger partial charge is 0.126 e. The Kier molecular flexibility index (Phi) is 1.45. The summed E-state index contributed by atoms with van der Waals surface area (Å²) in [5.41, 5.74) is 0. The topological polar surface area (TPSA) is 0 Å². The number of alkyl halides is 1. The van der Waals surface area contributed by atoms with E-state index in [2.05, 4.69) is 0 Å². The zero-order valence-electron chi connectivity index (χ0n) is 5.65. The average Bonchev–Trinajstić information content (AvgIpc) is 2.64. The molecule has 2 aliphatic rings. The molecule has 2 aliphatic carbocycles. The summed E-state index contributed by atoms with van der Waals surface area (Å²) in [5, 5.41) is 0. The van der Waals surface area contributed by atoms with E-state index in [4.69, 9.17) is 11.6 Å². The Morgan fingerprint density at radius 1 is 1.11 bits per heavy atom. The van der Waals surface area contributed by atoms with Crippen molar-refractivity contribution in [3.63, 3.8) is 0 Å². The van der Waals surface area contributed by atoms with Crippen LogP contribution in [0.5, 0.6) is 0 Å². The third-order valence-electron chi connectivity index (χ3n) is 2.87. The van der Waals surface area contributed by atoms with Gasteiger partial charge in [0.25, 0.3) is 0 Å². The fourth-order valence-electron chi connectivity index (χ4n) is 2.09. The molecule has 0 nitrogen and oxygen atoms in total. The summed E-state index contributed by atoms with van der Waals surface area (Å²) < 4.78 is 0. The van der Waals surface area contributed by atoms with Gasteiger partial charge in [-0.2, -0.15) is 0 Å². The molecule has 2 saturated carbocycles. The highest BCUT2D eigenvalue weighted by Gasteiger charge is 2.41. The molecule has 52 valence electrons. The van der Waals surface area contributed by atoms with Crippen molar-refractivity contribution in [3.8, 4) is 0 Å². The van der Waals surface area contributed by atoms with Crippen LogP contribution in [0.3, 0.4) is 0 Å². The summed E-state index contributed by atoms with van der Waals surface area (Å²) in [6.07, 6.45) is 5.84. The summed E-state index contributed by atoms with van der Waals surface area (Å²) in [7, 11) is 0. The maximum Gasteiger partial charge on any atom is 0.0251 e. The lowest BCUT2D eigenvalue weighted by atomic mass is 9.91. The first-order valence-electron chi connectivity index (χ1n) is 3.96. The number of halogens is 1. The summed E-state index contributed by atoms with van der Waals surface area (Å²) in [4.78, 5) is 0. The summed E-state index contributed by atoms with van der Waals surface area (Å²) in [6, 6.07) is 0. The van der Waals surface area contributed by atoms with Gasteiger partial charge in [0.15, 0.2) is 0 Å². The van der Waals surface area contributed by atoms with Crippen LogP contribution in [0.25, 0.3) is 0 Å². The van der Waals surface area contributed by atoms with E-state index in [-0.39, 0.29) is 0 Å².